The quantitative estimate of drug-likeness (QED) is 0.590. The maximum Gasteiger partial charge on any atom is 0.0518 e. The van der Waals surface area contributed by atoms with Crippen molar-refractivity contribution < 1.29 is 0 Å². The van der Waals surface area contributed by atoms with Crippen LogP contribution in [0.15, 0.2) is 36.4 Å². The average Bonchev–Trinajstić information content (AvgIpc) is 2.98. The van der Waals surface area contributed by atoms with Crippen LogP contribution >= 0.6 is 0 Å². The van der Waals surface area contributed by atoms with E-state index in [2.05, 4.69) is 80.5 Å². The summed E-state index contributed by atoms with van der Waals surface area (Å²) in [7, 11) is 0. The summed E-state index contributed by atoms with van der Waals surface area (Å²) < 4.78 is 2.65. The molecule has 0 fully saturated rings. The Morgan fingerprint density at radius 2 is 1.67 bits per heavy atom. The molecule has 1 aromatic heterocycles. The minimum Gasteiger partial charge on any atom is -0.344 e. The molecule has 3 aromatic rings. The van der Waals surface area contributed by atoms with E-state index in [9.17, 15) is 0 Å². The molecule has 4 rings (SSSR count). The number of hydrogen-bond acceptors (Lipinski definition) is 1. The lowest BCUT2D eigenvalue weighted by atomic mass is 9.97. The van der Waals surface area contributed by atoms with Crippen molar-refractivity contribution in [2.45, 2.75) is 66.6 Å². The molecule has 2 nitrogen and oxygen atoms in total. The Balaban J connectivity index is 1.81. The average molecular weight is 361 g/mol. The van der Waals surface area contributed by atoms with Gasteiger partial charge in [-0.05, 0) is 62.9 Å². The molecule has 0 aliphatic carbocycles. The first kappa shape index (κ1) is 18.3. The number of aryl methyl sites for hydroxylation is 5. The van der Waals surface area contributed by atoms with E-state index in [0.717, 1.165) is 32.5 Å². The largest absolute Gasteiger partial charge is 0.344 e. The Labute approximate surface area is 163 Å². The van der Waals surface area contributed by atoms with E-state index in [-0.39, 0.29) is 0 Å². The lowest BCUT2D eigenvalue weighted by Gasteiger charge is -2.33. The van der Waals surface area contributed by atoms with Gasteiger partial charge < -0.3 is 4.57 Å². The fourth-order valence-electron chi connectivity index (χ4n) is 4.80. The summed E-state index contributed by atoms with van der Waals surface area (Å²) in [6.45, 7) is 14.7. The highest BCUT2D eigenvalue weighted by Crippen LogP contribution is 2.36. The van der Waals surface area contributed by atoms with E-state index in [1.807, 2.05) is 0 Å². The van der Waals surface area contributed by atoms with Crippen LogP contribution < -0.4 is 0 Å². The molecule has 1 unspecified atom stereocenters. The van der Waals surface area contributed by atoms with Gasteiger partial charge in [-0.2, -0.15) is 0 Å². The van der Waals surface area contributed by atoms with Crippen molar-refractivity contribution in [3.63, 3.8) is 0 Å². The molecular weight excluding hydrogens is 328 g/mol. The molecule has 0 bridgehead atoms. The van der Waals surface area contributed by atoms with Crippen molar-refractivity contribution in [3.05, 3.63) is 69.9 Å². The molecule has 0 N–H and O–H groups in total. The van der Waals surface area contributed by atoms with Crippen LogP contribution in [0.5, 0.6) is 0 Å². The number of likely N-dealkylation sites (N-methyl/N-ethyl adjacent to an activating group) is 1. The van der Waals surface area contributed by atoms with Crippen LogP contribution in [0.25, 0.3) is 10.9 Å². The van der Waals surface area contributed by atoms with Gasteiger partial charge in [-0.3, -0.25) is 4.90 Å². The number of benzene rings is 2. The van der Waals surface area contributed by atoms with Crippen molar-refractivity contribution in [3.8, 4) is 0 Å². The van der Waals surface area contributed by atoms with Gasteiger partial charge in [-0.15, -0.1) is 0 Å². The van der Waals surface area contributed by atoms with Gasteiger partial charge in [0.15, 0.2) is 0 Å². The van der Waals surface area contributed by atoms with E-state index in [0.29, 0.717) is 6.04 Å². The van der Waals surface area contributed by atoms with E-state index >= 15 is 0 Å². The Kier molecular flexibility index (Phi) is 4.86. The summed E-state index contributed by atoms with van der Waals surface area (Å²) in [6, 6.07) is 14.2. The third kappa shape index (κ3) is 3.21. The Morgan fingerprint density at radius 3 is 2.37 bits per heavy atom. The summed E-state index contributed by atoms with van der Waals surface area (Å²) in [6.07, 6.45) is 2.25. The van der Waals surface area contributed by atoms with Gasteiger partial charge in [-0.25, -0.2) is 0 Å². The number of rotatable bonds is 4. The standard InChI is InChI=1S/C25H32N2/c1-6-26-16-22-23(15-20(26)5)27(14-13-21-11-7-17(2)8-12-21)25-19(4)10-9-18(3)24(22)25/h7-12,20H,6,13-16H2,1-5H3. The van der Waals surface area contributed by atoms with Crippen LogP contribution in [0.4, 0.5) is 0 Å². The molecule has 1 aliphatic rings. The molecule has 1 atom stereocenters. The Hall–Kier alpha value is -2.06. The molecule has 2 heteroatoms. The highest BCUT2D eigenvalue weighted by Gasteiger charge is 2.28. The fourth-order valence-corrected chi connectivity index (χ4v) is 4.80. The van der Waals surface area contributed by atoms with E-state index in [4.69, 9.17) is 0 Å². The summed E-state index contributed by atoms with van der Waals surface area (Å²) in [4.78, 5) is 2.62. The Morgan fingerprint density at radius 1 is 0.963 bits per heavy atom. The number of fused-ring (bicyclic) bond motifs is 3. The topological polar surface area (TPSA) is 8.17 Å². The molecule has 0 radical (unpaired) electrons. The molecular formula is C25H32N2. The third-order valence-electron chi connectivity index (χ3n) is 6.46. The predicted molar refractivity (Wildman–Crippen MR) is 116 cm³/mol. The lowest BCUT2D eigenvalue weighted by molar-refractivity contribution is 0.192. The van der Waals surface area contributed by atoms with Gasteiger partial charge in [0.05, 0.1) is 5.52 Å². The second-order valence-electron chi connectivity index (χ2n) is 8.35. The SMILES string of the molecule is CCN1Cc2c(n(CCc3ccc(C)cc3)c3c(C)ccc(C)c23)CC1C. The number of aromatic nitrogens is 1. The first-order chi connectivity index (χ1) is 13.0. The number of nitrogens with zero attached hydrogens (tertiary/aromatic N) is 2. The highest BCUT2D eigenvalue weighted by atomic mass is 15.2. The zero-order valence-electron chi connectivity index (χ0n) is 17.5. The van der Waals surface area contributed by atoms with Crippen LogP contribution in [-0.2, 0) is 25.9 Å². The summed E-state index contributed by atoms with van der Waals surface area (Å²) >= 11 is 0. The summed E-state index contributed by atoms with van der Waals surface area (Å²) in [5, 5.41) is 1.51. The van der Waals surface area contributed by atoms with E-state index in [1.165, 1.54) is 33.2 Å². The van der Waals surface area contributed by atoms with Gasteiger partial charge in [-0.1, -0.05) is 48.9 Å². The van der Waals surface area contributed by atoms with Crippen molar-refractivity contribution in [2.24, 2.45) is 0 Å². The number of hydrogen-bond donors (Lipinski definition) is 0. The van der Waals surface area contributed by atoms with Crippen molar-refractivity contribution >= 4 is 10.9 Å². The molecule has 0 spiro atoms. The molecule has 0 saturated heterocycles. The van der Waals surface area contributed by atoms with Crippen LogP contribution in [-0.4, -0.2) is 22.1 Å². The van der Waals surface area contributed by atoms with Gasteiger partial charge in [0.1, 0.15) is 0 Å². The summed E-state index contributed by atoms with van der Waals surface area (Å²) in [5.74, 6) is 0. The second kappa shape index (κ2) is 7.16. The van der Waals surface area contributed by atoms with E-state index < -0.39 is 0 Å². The van der Waals surface area contributed by atoms with Crippen LogP contribution in [0, 0.1) is 20.8 Å². The molecule has 2 heterocycles. The highest BCUT2D eigenvalue weighted by molar-refractivity contribution is 5.91. The molecule has 0 amide bonds. The monoisotopic (exact) mass is 360 g/mol. The minimum atomic E-state index is 0.616. The maximum atomic E-state index is 2.65. The van der Waals surface area contributed by atoms with Crippen LogP contribution in [0.3, 0.4) is 0 Å². The minimum absolute atomic E-state index is 0.616. The Bertz CT molecular complexity index is 962. The predicted octanol–water partition coefficient (Wildman–Crippen LogP) is 5.58. The van der Waals surface area contributed by atoms with Gasteiger partial charge >= 0.3 is 0 Å². The smallest absolute Gasteiger partial charge is 0.0518 e. The second-order valence-corrected chi connectivity index (χ2v) is 8.35. The van der Waals surface area contributed by atoms with Gasteiger partial charge in [0.2, 0.25) is 0 Å². The van der Waals surface area contributed by atoms with Crippen molar-refractivity contribution in [1.29, 1.82) is 0 Å². The van der Waals surface area contributed by atoms with Gasteiger partial charge in [0, 0.05) is 36.6 Å². The third-order valence-corrected chi connectivity index (χ3v) is 6.46. The first-order valence-electron chi connectivity index (χ1n) is 10.4. The fraction of sp³-hybridized carbons (Fsp3) is 0.440. The van der Waals surface area contributed by atoms with Crippen LogP contribution in [0.1, 0.15) is 47.4 Å². The zero-order chi connectivity index (χ0) is 19.1. The molecule has 27 heavy (non-hydrogen) atoms. The molecule has 0 saturated carbocycles. The maximum absolute atomic E-state index is 2.65. The zero-order valence-corrected chi connectivity index (χ0v) is 17.5. The first-order valence-corrected chi connectivity index (χ1v) is 10.4. The molecule has 142 valence electrons. The summed E-state index contributed by atoms with van der Waals surface area (Å²) in [5.41, 5.74) is 10.2. The lowest BCUT2D eigenvalue weighted by Crippen LogP contribution is -2.38. The molecule has 1 aliphatic heterocycles. The van der Waals surface area contributed by atoms with Crippen molar-refractivity contribution in [1.82, 2.24) is 9.47 Å². The van der Waals surface area contributed by atoms with Gasteiger partial charge in [0.25, 0.3) is 0 Å². The molecule has 2 aromatic carbocycles. The van der Waals surface area contributed by atoms with Crippen LogP contribution in [0.2, 0.25) is 0 Å². The van der Waals surface area contributed by atoms with E-state index in [1.54, 1.807) is 11.3 Å². The van der Waals surface area contributed by atoms with Crippen molar-refractivity contribution in [2.75, 3.05) is 6.54 Å². The normalized spacial score (nSPS) is 17.4.